The zero-order valence-electron chi connectivity index (χ0n) is 13.4. The second-order valence-corrected chi connectivity index (χ2v) is 6.99. The molecule has 23 heavy (non-hydrogen) atoms. The van der Waals surface area contributed by atoms with Gasteiger partial charge in [-0.3, -0.25) is 5.10 Å². The van der Waals surface area contributed by atoms with Gasteiger partial charge in [-0.05, 0) is 25.7 Å². The molecule has 0 unspecified atom stereocenters. The Hall–Kier alpha value is -1.89. The van der Waals surface area contributed by atoms with Gasteiger partial charge in [0.05, 0.1) is 17.2 Å². The maximum absolute atomic E-state index is 12.5. The molecule has 2 amide bonds. The summed E-state index contributed by atoms with van der Waals surface area (Å²) in [7, 11) is 0. The van der Waals surface area contributed by atoms with Crippen LogP contribution in [0.1, 0.15) is 47.7 Å². The molecule has 2 N–H and O–H groups in total. The summed E-state index contributed by atoms with van der Waals surface area (Å²) in [5, 5.41) is 11.0. The van der Waals surface area contributed by atoms with Gasteiger partial charge in [0.1, 0.15) is 0 Å². The minimum atomic E-state index is 0.0168. The highest BCUT2D eigenvalue weighted by molar-refractivity contribution is 7.11. The maximum Gasteiger partial charge on any atom is 0.317 e. The van der Waals surface area contributed by atoms with E-state index in [4.69, 9.17) is 0 Å². The summed E-state index contributed by atoms with van der Waals surface area (Å²) >= 11 is 1.73. The van der Waals surface area contributed by atoms with E-state index in [-0.39, 0.29) is 12.1 Å². The number of hydrogen-bond acceptors (Lipinski definition) is 4. The fraction of sp³-hybridized carbons (Fsp3) is 0.562. The molecule has 0 saturated carbocycles. The van der Waals surface area contributed by atoms with Crippen molar-refractivity contribution in [3.8, 4) is 0 Å². The number of aryl methyl sites for hydroxylation is 1. The smallest absolute Gasteiger partial charge is 0.317 e. The average molecular weight is 333 g/mol. The molecule has 7 heteroatoms. The van der Waals surface area contributed by atoms with Gasteiger partial charge in [0.2, 0.25) is 0 Å². The number of H-pyrrole nitrogens is 1. The second-order valence-electron chi connectivity index (χ2n) is 5.79. The fourth-order valence-electron chi connectivity index (χ4n) is 2.97. The summed E-state index contributed by atoms with van der Waals surface area (Å²) in [5.74, 6) is 0. The molecule has 3 rings (SSSR count). The summed E-state index contributed by atoms with van der Waals surface area (Å²) < 4.78 is 0. The van der Waals surface area contributed by atoms with Gasteiger partial charge in [-0.2, -0.15) is 5.10 Å². The van der Waals surface area contributed by atoms with Crippen LogP contribution in [-0.2, 0) is 12.8 Å². The van der Waals surface area contributed by atoms with Crippen molar-refractivity contribution in [2.75, 3.05) is 13.1 Å². The van der Waals surface area contributed by atoms with Gasteiger partial charge in [-0.1, -0.05) is 6.92 Å². The van der Waals surface area contributed by atoms with Crippen LogP contribution in [0.5, 0.6) is 0 Å². The number of carbonyl (C=O) groups excluding carboxylic acids is 1. The molecule has 2 aromatic heterocycles. The Bertz CT molecular complexity index is 624. The third kappa shape index (κ3) is 3.90. The molecule has 1 aliphatic heterocycles. The first kappa shape index (κ1) is 16.0. The number of thiazole rings is 1. The first-order valence-corrected chi connectivity index (χ1v) is 9.06. The van der Waals surface area contributed by atoms with E-state index in [2.05, 4.69) is 27.4 Å². The normalized spacial score (nSPS) is 18.1. The van der Waals surface area contributed by atoms with E-state index in [1.54, 1.807) is 11.3 Å². The van der Waals surface area contributed by atoms with Crippen LogP contribution >= 0.6 is 11.3 Å². The molecule has 3 heterocycles. The lowest BCUT2D eigenvalue weighted by Crippen LogP contribution is -2.45. The lowest BCUT2D eigenvalue weighted by Gasteiger charge is -2.35. The number of urea groups is 1. The van der Waals surface area contributed by atoms with Gasteiger partial charge in [0.25, 0.3) is 0 Å². The molecule has 1 atom stereocenters. The number of likely N-dealkylation sites (tertiary alicyclic amines) is 1. The van der Waals surface area contributed by atoms with Crippen LogP contribution in [0.15, 0.2) is 18.6 Å². The zero-order chi connectivity index (χ0) is 16.1. The molecule has 6 nitrogen and oxygen atoms in total. The highest BCUT2D eigenvalue weighted by Gasteiger charge is 2.28. The Morgan fingerprint density at radius 2 is 2.39 bits per heavy atom. The van der Waals surface area contributed by atoms with Gasteiger partial charge < -0.3 is 10.2 Å². The Balaban J connectivity index is 1.53. The van der Waals surface area contributed by atoms with Gasteiger partial charge in [0.15, 0.2) is 0 Å². The summed E-state index contributed by atoms with van der Waals surface area (Å²) in [5.41, 5.74) is 1.09. The van der Waals surface area contributed by atoms with E-state index < -0.39 is 0 Å². The first-order chi connectivity index (χ1) is 11.3. The number of rotatable bonds is 5. The van der Waals surface area contributed by atoms with E-state index in [1.165, 1.54) is 4.88 Å². The lowest BCUT2D eigenvalue weighted by molar-refractivity contribution is 0.151. The highest BCUT2D eigenvalue weighted by atomic mass is 32.1. The van der Waals surface area contributed by atoms with Gasteiger partial charge in [-0.25, -0.2) is 9.78 Å². The van der Waals surface area contributed by atoms with E-state index in [9.17, 15) is 4.79 Å². The Kier molecular flexibility index (Phi) is 5.27. The molecule has 1 fully saturated rings. The summed E-state index contributed by atoms with van der Waals surface area (Å²) in [6.07, 6.45) is 10.7. The number of aromatic amines is 1. The SMILES string of the molecule is CCc1cnc(CCNC(=O)N2CCCC[C@H]2c2cn[nH]c2)s1. The Morgan fingerprint density at radius 1 is 1.48 bits per heavy atom. The largest absolute Gasteiger partial charge is 0.338 e. The fourth-order valence-corrected chi connectivity index (χ4v) is 3.83. The molecule has 124 valence electrons. The first-order valence-electron chi connectivity index (χ1n) is 8.24. The molecule has 0 bridgehead atoms. The van der Waals surface area contributed by atoms with Crippen molar-refractivity contribution in [1.29, 1.82) is 0 Å². The van der Waals surface area contributed by atoms with Gasteiger partial charge in [0, 0.05) is 42.3 Å². The Morgan fingerprint density at radius 3 is 3.13 bits per heavy atom. The number of hydrogen-bond donors (Lipinski definition) is 2. The van der Waals surface area contributed by atoms with Gasteiger partial charge >= 0.3 is 6.03 Å². The van der Waals surface area contributed by atoms with E-state index in [0.29, 0.717) is 6.54 Å². The van der Waals surface area contributed by atoms with Crippen molar-refractivity contribution in [2.45, 2.75) is 45.1 Å². The zero-order valence-corrected chi connectivity index (χ0v) is 14.2. The molecule has 2 aromatic rings. The minimum Gasteiger partial charge on any atom is -0.338 e. The molecule has 1 saturated heterocycles. The molecule has 0 aliphatic carbocycles. The highest BCUT2D eigenvalue weighted by Crippen LogP contribution is 2.30. The molecule has 0 spiro atoms. The summed E-state index contributed by atoms with van der Waals surface area (Å²) in [4.78, 5) is 20.1. The van der Waals surface area contributed by atoms with E-state index >= 15 is 0 Å². The number of aromatic nitrogens is 3. The predicted octanol–water partition coefficient (Wildman–Crippen LogP) is 2.91. The van der Waals surface area contributed by atoms with E-state index in [1.807, 2.05) is 23.5 Å². The van der Waals surface area contributed by atoms with Crippen molar-refractivity contribution in [2.24, 2.45) is 0 Å². The summed E-state index contributed by atoms with van der Waals surface area (Å²) in [6, 6.07) is 0.150. The topological polar surface area (TPSA) is 73.9 Å². The van der Waals surface area contributed by atoms with Crippen molar-refractivity contribution < 1.29 is 4.79 Å². The van der Waals surface area contributed by atoms with Crippen LogP contribution in [0.4, 0.5) is 4.79 Å². The third-order valence-electron chi connectivity index (χ3n) is 4.23. The van der Waals surface area contributed by atoms with Crippen molar-refractivity contribution in [3.05, 3.63) is 34.0 Å². The molecule has 0 aromatic carbocycles. The van der Waals surface area contributed by atoms with Crippen LogP contribution in [0.2, 0.25) is 0 Å². The summed E-state index contributed by atoms with van der Waals surface area (Å²) in [6.45, 7) is 3.56. The number of carbonyl (C=O) groups is 1. The predicted molar refractivity (Wildman–Crippen MR) is 90.5 cm³/mol. The lowest BCUT2D eigenvalue weighted by atomic mass is 9.98. The molecule has 1 aliphatic rings. The number of piperidine rings is 1. The van der Waals surface area contributed by atoms with Crippen molar-refractivity contribution >= 4 is 17.4 Å². The standard InChI is InChI=1S/C16H23N5OS/c1-2-13-11-18-15(23-13)6-7-17-16(22)21-8-4-3-5-14(21)12-9-19-20-10-12/h9-11,14H,2-8H2,1H3,(H,17,22)(H,19,20)/t14-/m0/s1. The van der Waals surface area contributed by atoms with Crippen LogP contribution in [-0.4, -0.2) is 39.2 Å². The Labute approximate surface area is 140 Å². The van der Waals surface area contributed by atoms with E-state index in [0.717, 1.165) is 49.2 Å². The van der Waals surface area contributed by atoms with Crippen LogP contribution < -0.4 is 5.32 Å². The second kappa shape index (κ2) is 7.59. The maximum atomic E-state index is 12.5. The monoisotopic (exact) mass is 333 g/mol. The van der Waals surface area contributed by atoms with Gasteiger partial charge in [-0.15, -0.1) is 11.3 Å². The number of amides is 2. The van der Waals surface area contributed by atoms with Crippen molar-refractivity contribution in [3.63, 3.8) is 0 Å². The minimum absolute atomic E-state index is 0.0168. The number of nitrogens with zero attached hydrogens (tertiary/aromatic N) is 3. The van der Waals surface area contributed by atoms with Crippen LogP contribution in [0.25, 0.3) is 0 Å². The van der Waals surface area contributed by atoms with Crippen LogP contribution in [0, 0.1) is 0 Å². The number of nitrogens with one attached hydrogen (secondary N) is 2. The molecule has 0 radical (unpaired) electrons. The average Bonchev–Trinajstić information content (AvgIpc) is 3.26. The van der Waals surface area contributed by atoms with Crippen molar-refractivity contribution in [1.82, 2.24) is 25.4 Å². The van der Waals surface area contributed by atoms with Crippen LogP contribution in [0.3, 0.4) is 0 Å². The third-order valence-corrected chi connectivity index (χ3v) is 5.43. The molecular formula is C16H23N5OS. The quantitative estimate of drug-likeness (QED) is 0.883. The molecular weight excluding hydrogens is 310 g/mol.